The van der Waals surface area contributed by atoms with E-state index in [1.807, 2.05) is 0 Å². The van der Waals surface area contributed by atoms with Crippen molar-refractivity contribution in [1.82, 2.24) is 0 Å². The molecule has 0 heterocycles. The van der Waals surface area contributed by atoms with Gasteiger partial charge in [-0.2, -0.15) is 15.8 Å². The summed E-state index contributed by atoms with van der Waals surface area (Å²) < 4.78 is 0. The van der Waals surface area contributed by atoms with Crippen LogP contribution < -0.4 is 5.73 Å². The fourth-order valence-electron chi connectivity index (χ4n) is 1.43. The van der Waals surface area contributed by atoms with Crippen LogP contribution in [0.15, 0.2) is 53.3 Å². The Labute approximate surface area is 126 Å². The van der Waals surface area contributed by atoms with Crippen LogP contribution in [0.5, 0.6) is 0 Å². The van der Waals surface area contributed by atoms with Crippen molar-refractivity contribution < 1.29 is 4.92 Å². The normalized spacial score (nSPS) is 10.3. The SMILES string of the molecule is N#CC(C#N)=C(N)/C(C#N)=C\C=C\c1ccc([N+](=O)[O-])cc1. The van der Waals surface area contributed by atoms with Crippen LogP contribution >= 0.6 is 0 Å². The molecule has 22 heavy (non-hydrogen) atoms. The molecule has 0 fully saturated rings. The number of nitrogens with two attached hydrogens (primary N) is 1. The first kappa shape index (κ1) is 16.2. The van der Waals surface area contributed by atoms with Crippen molar-refractivity contribution in [2.45, 2.75) is 0 Å². The monoisotopic (exact) mass is 291 g/mol. The molecule has 0 bridgehead atoms. The molecule has 1 aromatic rings. The smallest absolute Gasteiger partial charge is 0.269 e. The van der Waals surface area contributed by atoms with Gasteiger partial charge in [0.15, 0.2) is 5.57 Å². The summed E-state index contributed by atoms with van der Waals surface area (Å²) in [5.41, 5.74) is 5.67. The highest BCUT2D eigenvalue weighted by molar-refractivity contribution is 5.57. The van der Waals surface area contributed by atoms with Gasteiger partial charge < -0.3 is 5.73 Å². The predicted molar refractivity (Wildman–Crippen MR) is 78.3 cm³/mol. The Bertz CT molecular complexity index is 780. The number of nitro benzene ring substituents is 1. The third-order valence-electron chi connectivity index (χ3n) is 2.56. The fraction of sp³-hybridized carbons (Fsp3) is 0. The van der Waals surface area contributed by atoms with E-state index < -0.39 is 4.92 Å². The second-order valence-electron chi connectivity index (χ2n) is 3.91. The molecule has 0 saturated heterocycles. The lowest BCUT2D eigenvalue weighted by atomic mass is 10.1. The first-order chi connectivity index (χ1) is 10.5. The van der Waals surface area contributed by atoms with Gasteiger partial charge in [-0.3, -0.25) is 10.1 Å². The molecule has 7 nitrogen and oxygen atoms in total. The topological polar surface area (TPSA) is 141 Å². The summed E-state index contributed by atoms with van der Waals surface area (Å²) in [5.74, 6) is 0. The summed E-state index contributed by atoms with van der Waals surface area (Å²) in [4.78, 5) is 10.0. The molecular formula is C15H9N5O2. The quantitative estimate of drug-likeness (QED) is 0.390. The molecule has 1 aromatic carbocycles. The minimum atomic E-state index is -0.502. The molecule has 0 spiro atoms. The zero-order valence-electron chi connectivity index (χ0n) is 11.2. The van der Waals surface area contributed by atoms with E-state index in [4.69, 9.17) is 21.5 Å². The highest BCUT2D eigenvalue weighted by atomic mass is 16.6. The molecule has 0 atom stereocenters. The van der Waals surface area contributed by atoms with Crippen molar-refractivity contribution in [3.8, 4) is 18.2 Å². The summed E-state index contributed by atoms with van der Waals surface area (Å²) in [6.07, 6.45) is 4.46. The number of nitrogens with zero attached hydrogens (tertiary/aromatic N) is 4. The Kier molecular flexibility index (Phi) is 5.61. The molecule has 0 unspecified atom stereocenters. The molecule has 0 amide bonds. The van der Waals surface area contributed by atoms with E-state index >= 15 is 0 Å². The van der Waals surface area contributed by atoms with Crippen LogP contribution in [0.1, 0.15) is 5.56 Å². The van der Waals surface area contributed by atoms with Gasteiger partial charge in [-0.15, -0.1) is 0 Å². The number of nitro groups is 1. The first-order valence-electron chi connectivity index (χ1n) is 5.86. The van der Waals surface area contributed by atoms with Crippen LogP contribution in [0, 0.1) is 44.1 Å². The Hall–Kier alpha value is -3.89. The first-order valence-corrected chi connectivity index (χ1v) is 5.86. The highest BCUT2D eigenvalue weighted by Crippen LogP contribution is 2.13. The third kappa shape index (κ3) is 4.06. The molecule has 106 valence electrons. The van der Waals surface area contributed by atoms with Crippen LogP contribution in [-0.2, 0) is 0 Å². The van der Waals surface area contributed by atoms with E-state index in [1.165, 1.54) is 24.3 Å². The Morgan fingerprint density at radius 1 is 1.14 bits per heavy atom. The lowest BCUT2D eigenvalue weighted by molar-refractivity contribution is -0.384. The zero-order chi connectivity index (χ0) is 16.5. The van der Waals surface area contributed by atoms with Crippen molar-refractivity contribution in [1.29, 1.82) is 15.8 Å². The van der Waals surface area contributed by atoms with E-state index in [-0.39, 0.29) is 22.5 Å². The van der Waals surface area contributed by atoms with Crippen LogP contribution in [-0.4, -0.2) is 4.92 Å². The van der Waals surface area contributed by atoms with Gasteiger partial charge in [0.2, 0.25) is 0 Å². The van der Waals surface area contributed by atoms with Crippen molar-refractivity contribution in [2.24, 2.45) is 5.73 Å². The summed E-state index contributed by atoms with van der Waals surface area (Å²) in [7, 11) is 0. The molecule has 0 aromatic heterocycles. The van der Waals surface area contributed by atoms with Gasteiger partial charge in [0, 0.05) is 12.1 Å². The molecule has 0 aliphatic rings. The van der Waals surface area contributed by atoms with Crippen molar-refractivity contribution >= 4 is 11.8 Å². The summed E-state index contributed by atoms with van der Waals surface area (Å²) in [5, 5.41) is 36.9. The maximum Gasteiger partial charge on any atom is 0.269 e. The van der Waals surface area contributed by atoms with Gasteiger partial charge in [0.05, 0.1) is 16.2 Å². The molecule has 2 N–H and O–H groups in total. The number of hydrogen-bond acceptors (Lipinski definition) is 6. The summed E-state index contributed by atoms with van der Waals surface area (Å²) in [6, 6.07) is 10.8. The maximum atomic E-state index is 10.5. The third-order valence-corrected chi connectivity index (χ3v) is 2.56. The Morgan fingerprint density at radius 3 is 2.18 bits per heavy atom. The van der Waals surface area contributed by atoms with Crippen LogP contribution in [0.3, 0.4) is 0 Å². The average molecular weight is 291 g/mol. The zero-order valence-corrected chi connectivity index (χ0v) is 11.2. The molecular weight excluding hydrogens is 282 g/mol. The molecule has 0 aliphatic carbocycles. The van der Waals surface area contributed by atoms with Crippen LogP contribution in [0.2, 0.25) is 0 Å². The Morgan fingerprint density at radius 2 is 1.73 bits per heavy atom. The highest BCUT2D eigenvalue weighted by Gasteiger charge is 2.06. The minimum Gasteiger partial charge on any atom is -0.396 e. The van der Waals surface area contributed by atoms with Gasteiger partial charge in [-0.1, -0.05) is 12.2 Å². The van der Waals surface area contributed by atoms with Crippen LogP contribution in [0.4, 0.5) is 5.69 Å². The number of hydrogen-bond donors (Lipinski definition) is 1. The van der Waals surface area contributed by atoms with Crippen molar-refractivity contribution in [3.05, 3.63) is 68.9 Å². The van der Waals surface area contributed by atoms with Gasteiger partial charge >= 0.3 is 0 Å². The average Bonchev–Trinajstić information content (AvgIpc) is 2.53. The summed E-state index contributed by atoms with van der Waals surface area (Å²) in [6.45, 7) is 0. The van der Waals surface area contributed by atoms with Gasteiger partial charge in [0.1, 0.15) is 18.2 Å². The molecule has 1 rings (SSSR count). The molecule has 0 radical (unpaired) electrons. The van der Waals surface area contributed by atoms with Crippen molar-refractivity contribution in [3.63, 3.8) is 0 Å². The van der Waals surface area contributed by atoms with Crippen molar-refractivity contribution in [2.75, 3.05) is 0 Å². The van der Waals surface area contributed by atoms with E-state index in [1.54, 1.807) is 36.4 Å². The number of allylic oxidation sites excluding steroid dienone is 4. The number of benzene rings is 1. The predicted octanol–water partition coefficient (Wildman–Crippen LogP) is 2.32. The van der Waals surface area contributed by atoms with Crippen LogP contribution in [0.25, 0.3) is 6.08 Å². The summed E-state index contributed by atoms with van der Waals surface area (Å²) >= 11 is 0. The van der Waals surface area contributed by atoms with Gasteiger partial charge in [0.25, 0.3) is 5.69 Å². The van der Waals surface area contributed by atoms with E-state index in [0.717, 1.165) is 0 Å². The number of non-ortho nitro benzene ring substituents is 1. The largest absolute Gasteiger partial charge is 0.396 e. The standard InChI is InChI=1S/C15H9N5O2/c16-8-12(15(19)13(9-17)10-18)3-1-2-11-4-6-14(7-5-11)20(21)22/h1-7H,19H2/b2-1+,12-3-. The maximum absolute atomic E-state index is 10.5. The van der Waals surface area contributed by atoms with E-state index in [0.29, 0.717) is 5.56 Å². The fourth-order valence-corrected chi connectivity index (χ4v) is 1.43. The number of rotatable bonds is 4. The van der Waals surface area contributed by atoms with Gasteiger partial charge in [-0.05, 0) is 23.8 Å². The second-order valence-corrected chi connectivity index (χ2v) is 3.91. The number of nitriles is 3. The van der Waals surface area contributed by atoms with E-state index in [2.05, 4.69) is 0 Å². The molecule has 7 heteroatoms. The lowest BCUT2D eigenvalue weighted by Crippen LogP contribution is -2.03. The van der Waals surface area contributed by atoms with E-state index in [9.17, 15) is 10.1 Å². The minimum absolute atomic E-state index is 0.0174. The molecule has 0 saturated carbocycles. The molecule has 0 aliphatic heterocycles. The lowest BCUT2D eigenvalue weighted by Gasteiger charge is -1.96. The second kappa shape index (κ2) is 7.64. The Balaban J connectivity index is 3.01. The van der Waals surface area contributed by atoms with Gasteiger partial charge in [-0.25, -0.2) is 0 Å².